The first-order valence-corrected chi connectivity index (χ1v) is 9.24. The zero-order valence-electron chi connectivity index (χ0n) is 10.9. The van der Waals surface area contributed by atoms with Gasteiger partial charge in [-0.05, 0) is 17.7 Å². The minimum Gasteiger partial charge on any atom is -0.248 e. The first-order valence-electron chi connectivity index (χ1n) is 5.63. The third-order valence-corrected chi connectivity index (χ3v) is 5.59. The van der Waals surface area contributed by atoms with Crippen LogP contribution < -0.4 is 0 Å². The van der Waals surface area contributed by atoms with Gasteiger partial charge in [-0.1, -0.05) is 31.9 Å². The lowest BCUT2D eigenvalue weighted by Crippen LogP contribution is -2.54. The van der Waals surface area contributed by atoms with Crippen LogP contribution in [0.1, 0.15) is 5.56 Å². The summed E-state index contributed by atoms with van der Waals surface area (Å²) >= 11 is 16.8. The Bertz CT molecular complexity index is 652. The fourth-order valence-electron chi connectivity index (χ4n) is 1.52. The molecule has 0 fully saturated rings. The topological polar surface area (TPSA) is 17.1 Å². The molecule has 0 aliphatic rings. The summed E-state index contributed by atoms with van der Waals surface area (Å²) in [5.41, 5.74) is -0.274. The third-order valence-electron chi connectivity index (χ3n) is 2.63. The quantitative estimate of drug-likeness (QED) is 0.305. The van der Waals surface area contributed by atoms with Crippen molar-refractivity contribution in [1.29, 1.82) is 0 Å². The number of halogens is 11. The maximum Gasteiger partial charge on any atom is 0.461 e. The molecule has 0 aliphatic heterocycles. The van der Waals surface area contributed by atoms with E-state index in [1.165, 1.54) is 6.07 Å². The van der Waals surface area contributed by atoms with Gasteiger partial charge in [0.1, 0.15) is 15.6 Å². The molecule has 0 aliphatic carbocycles. The summed E-state index contributed by atoms with van der Waals surface area (Å²) in [5, 5.41) is -5.91. The lowest BCUT2D eigenvalue weighted by Gasteiger charge is -2.28. The van der Waals surface area contributed by atoms with Crippen molar-refractivity contribution in [2.45, 2.75) is 33.5 Å². The highest BCUT2D eigenvalue weighted by Gasteiger charge is 2.76. The molecule has 138 valence electrons. The average Bonchev–Trinajstić information content (AvgIpc) is 2.38. The van der Waals surface area contributed by atoms with E-state index in [2.05, 4.69) is 31.9 Å². The van der Waals surface area contributed by atoms with Crippen LogP contribution in [-0.4, -0.2) is 26.4 Å². The van der Waals surface area contributed by atoms with Crippen molar-refractivity contribution in [2.75, 3.05) is 0 Å². The minimum absolute atomic E-state index is 0.0117. The molecule has 0 bridgehead atoms. The minimum atomic E-state index is -6.59. The predicted octanol–water partition coefficient (Wildman–Crippen LogP) is 6.46. The molecule has 1 atom stereocenters. The Labute approximate surface area is 160 Å². The van der Waals surface area contributed by atoms with E-state index >= 15 is 0 Å². The third kappa shape index (κ3) is 4.39. The van der Waals surface area contributed by atoms with Crippen LogP contribution in [0.3, 0.4) is 0 Å². The molecule has 0 radical (unpaired) electrons. The Balaban J connectivity index is 3.53. The summed E-state index contributed by atoms with van der Waals surface area (Å²) in [6, 6.07) is 2.03. The molecule has 1 nitrogen and oxygen atoms in total. The molecular formula is C11H5Br2Cl2F7OS. The van der Waals surface area contributed by atoms with Gasteiger partial charge in [0.05, 0.1) is 4.90 Å². The lowest BCUT2D eigenvalue weighted by atomic mass is 10.2. The molecule has 1 rings (SSSR count). The van der Waals surface area contributed by atoms with Gasteiger partial charge < -0.3 is 0 Å². The van der Waals surface area contributed by atoms with Crippen LogP contribution in [0.2, 0.25) is 0 Å². The molecular weight excluding hydrogens is 544 g/mol. The highest BCUT2D eigenvalue weighted by atomic mass is 79.9. The summed E-state index contributed by atoms with van der Waals surface area (Å²) in [5.74, 6) is -6.50. The molecule has 1 aromatic rings. The predicted molar refractivity (Wildman–Crippen MR) is 83.4 cm³/mol. The molecule has 13 heteroatoms. The normalized spacial score (nSPS) is 15.0. The maximum absolute atomic E-state index is 13.7. The Morgan fingerprint density at radius 1 is 1.04 bits per heavy atom. The molecule has 24 heavy (non-hydrogen) atoms. The first kappa shape index (κ1) is 22.5. The van der Waals surface area contributed by atoms with E-state index in [0.29, 0.717) is 0 Å². The van der Waals surface area contributed by atoms with Crippen LogP contribution >= 0.6 is 55.1 Å². The molecule has 1 unspecified atom stereocenters. The Hall–Kier alpha value is 0.420. The van der Waals surface area contributed by atoms with E-state index < -0.39 is 44.3 Å². The summed E-state index contributed by atoms with van der Waals surface area (Å²) in [6.45, 7) is 0. The summed E-state index contributed by atoms with van der Waals surface area (Å²) in [4.78, 5) is -2.15. The standard InChI is InChI=1S/C11H5Br2Cl2F7OS/c12-4-1-6(13)5(3-8(14)15)7(2-4)24(23)11(21,22)9(16,17)10(18,19)20/h1-2,8H,3H2. The van der Waals surface area contributed by atoms with E-state index in [-0.39, 0.29) is 14.5 Å². The molecule has 0 amide bonds. The van der Waals surface area contributed by atoms with Gasteiger partial charge in [0, 0.05) is 15.4 Å². The Morgan fingerprint density at radius 3 is 1.96 bits per heavy atom. The van der Waals surface area contributed by atoms with E-state index in [1.807, 2.05) is 0 Å². The second-order valence-corrected chi connectivity index (χ2v) is 8.85. The molecule has 0 N–H and O–H groups in total. The van der Waals surface area contributed by atoms with Crippen molar-refractivity contribution >= 4 is 65.9 Å². The Kier molecular flexibility index (Phi) is 7.09. The fraction of sp³-hybridized carbons (Fsp3) is 0.455. The van der Waals surface area contributed by atoms with Crippen LogP contribution in [0.25, 0.3) is 0 Å². The molecule has 1 aromatic carbocycles. The first-order chi connectivity index (χ1) is 10.6. The van der Waals surface area contributed by atoms with Gasteiger partial charge >= 0.3 is 17.4 Å². The maximum atomic E-state index is 13.7. The van der Waals surface area contributed by atoms with Crippen LogP contribution in [-0.2, 0) is 17.2 Å². The fourth-order valence-corrected chi connectivity index (χ4v) is 4.77. The van der Waals surface area contributed by atoms with Crippen molar-refractivity contribution in [1.82, 2.24) is 0 Å². The highest BCUT2D eigenvalue weighted by Crippen LogP contribution is 2.50. The highest BCUT2D eigenvalue weighted by molar-refractivity contribution is 9.11. The van der Waals surface area contributed by atoms with E-state index in [1.54, 1.807) is 0 Å². The largest absolute Gasteiger partial charge is 0.461 e. The van der Waals surface area contributed by atoms with Gasteiger partial charge in [-0.15, -0.1) is 23.2 Å². The zero-order chi connectivity index (χ0) is 19.1. The molecule has 0 saturated carbocycles. The van der Waals surface area contributed by atoms with Crippen molar-refractivity contribution in [3.63, 3.8) is 0 Å². The summed E-state index contributed by atoms with van der Waals surface area (Å²) < 4.78 is 102. The van der Waals surface area contributed by atoms with Crippen molar-refractivity contribution < 1.29 is 34.9 Å². The number of rotatable bonds is 5. The van der Waals surface area contributed by atoms with E-state index in [0.717, 1.165) is 6.07 Å². The van der Waals surface area contributed by atoms with E-state index in [9.17, 15) is 34.9 Å². The van der Waals surface area contributed by atoms with Gasteiger partial charge in [0.2, 0.25) is 0 Å². The van der Waals surface area contributed by atoms with Gasteiger partial charge in [0.15, 0.2) is 0 Å². The van der Waals surface area contributed by atoms with E-state index in [4.69, 9.17) is 23.2 Å². The van der Waals surface area contributed by atoms with Gasteiger partial charge in [0.25, 0.3) is 0 Å². The second-order valence-electron chi connectivity index (χ2n) is 4.32. The van der Waals surface area contributed by atoms with Crippen molar-refractivity contribution in [2.24, 2.45) is 0 Å². The SMILES string of the molecule is O=S(c1cc(Br)cc(Br)c1CC(Cl)Cl)C(F)(F)C(F)(F)C(F)(F)F. The molecule has 0 saturated heterocycles. The zero-order valence-corrected chi connectivity index (χ0v) is 16.4. The number of hydrogen-bond acceptors (Lipinski definition) is 1. The number of alkyl halides is 9. The summed E-state index contributed by atoms with van der Waals surface area (Å²) in [6.07, 6.45) is -7.00. The summed E-state index contributed by atoms with van der Waals surface area (Å²) in [7, 11) is -4.04. The van der Waals surface area contributed by atoms with Crippen LogP contribution in [0.15, 0.2) is 26.0 Å². The van der Waals surface area contributed by atoms with Crippen LogP contribution in [0, 0.1) is 0 Å². The molecule has 0 heterocycles. The Morgan fingerprint density at radius 2 is 1.54 bits per heavy atom. The number of hydrogen-bond donors (Lipinski definition) is 0. The van der Waals surface area contributed by atoms with Gasteiger partial charge in [-0.3, -0.25) is 0 Å². The lowest BCUT2D eigenvalue weighted by molar-refractivity contribution is -0.331. The molecule has 0 spiro atoms. The molecule has 0 aromatic heterocycles. The monoisotopic (exact) mass is 546 g/mol. The van der Waals surface area contributed by atoms with Crippen molar-refractivity contribution in [3.05, 3.63) is 26.6 Å². The van der Waals surface area contributed by atoms with Crippen LogP contribution in [0.5, 0.6) is 0 Å². The number of benzene rings is 1. The van der Waals surface area contributed by atoms with Gasteiger partial charge in [-0.2, -0.15) is 30.7 Å². The average molecular weight is 549 g/mol. The van der Waals surface area contributed by atoms with Crippen molar-refractivity contribution in [3.8, 4) is 0 Å². The second kappa shape index (κ2) is 7.58. The van der Waals surface area contributed by atoms with Crippen LogP contribution in [0.4, 0.5) is 30.7 Å². The van der Waals surface area contributed by atoms with Gasteiger partial charge in [-0.25, -0.2) is 4.21 Å². The smallest absolute Gasteiger partial charge is 0.248 e.